The second-order valence-electron chi connectivity index (χ2n) is 7.21. The zero-order chi connectivity index (χ0) is 21.1. The van der Waals surface area contributed by atoms with Gasteiger partial charge in [-0.05, 0) is 56.4 Å². The molecule has 0 spiro atoms. The third-order valence-electron chi connectivity index (χ3n) is 5.31. The van der Waals surface area contributed by atoms with E-state index in [1.54, 1.807) is 6.07 Å². The van der Waals surface area contributed by atoms with Gasteiger partial charge in [0.1, 0.15) is 5.82 Å². The predicted molar refractivity (Wildman–Crippen MR) is 121 cm³/mol. The van der Waals surface area contributed by atoms with Gasteiger partial charge in [0.2, 0.25) is 0 Å². The predicted octanol–water partition coefficient (Wildman–Crippen LogP) is 4.82. The van der Waals surface area contributed by atoms with E-state index < -0.39 is 0 Å². The number of rotatable bonds is 8. The highest BCUT2D eigenvalue weighted by Crippen LogP contribution is 2.30. The number of carbonyl (C=O) groups is 1. The standard InChI is InChI=1S/C23H25FN4OS/c1-3-27(4-2)12-6-11-25-22(29)17-9-10-20-21(14-17)30-23-26-19(15-28(20)23)16-7-5-8-18(24)13-16/h5,7-10,13-15H,3-4,6,11-12H2,1-2H3,(H,25,29). The lowest BCUT2D eigenvalue weighted by Crippen LogP contribution is -2.29. The Balaban J connectivity index is 1.48. The highest BCUT2D eigenvalue weighted by molar-refractivity contribution is 7.23. The fourth-order valence-corrected chi connectivity index (χ4v) is 4.62. The van der Waals surface area contributed by atoms with Crippen LogP contribution >= 0.6 is 11.3 Å². The van der Waals surface area contributed by atoms with Crippen molar-refractivity contribution >= 4 is 32.4 Å². The number of fused-ring (bicyclic) bond motifs is 3. The molecule has 0 saturated carbocycles. The molecule has 0 aliphatic rings. The van der Waals surface area contributed by atoms with Gasteiger partial charge in [-0.15, -0.1) is 0 Å². The summed E-state index contributed by atoms with van der Waals surface area (Å²) in [6, 6.07) is 12.1. The van der Waals surface area contributed by atoms with E-state index in [-0.39, 0.29) is 11.7 Å². The molecule has 1 amide bonds. The number of hydrogen-bond acceptors (Lipinski definition) is 4. The Kier molecular flexibility index (Phi) is 6.11. The van der Waals surface area contributed by atoms with E-state index in [4.69, 9.17) is 0 Å². The number of thiazole rings is 1. The van der Waals surface area contributed by atoms with Gasteiger partial charge in [0.05, 0.1) is 15.9 Å². The maximum Gasteiger partial charge on any atom is 0.251 e. The Morgan fingerprint density at radius 2 is 2.03 bits per heavy atom. The van der Waals surface area contributed by atoms with Gasteiger partial charge in [0.25, 0.3) is 5.91 Å². The van der Waals surface area contributed by atoms with Crippen LogP contribution in [0.5, 0.6) is 0 Å². The Morgan fingerprint density at radius 1 is 1.20 bits per heavy atom. The average molecular weight is 425 g/mol. The van der Waals surface area contributed by atoms with E-state index in [1.165, 1.54) is 23.5 Å². The van der Waals surface area contributed by atoms with E-state index in [9.17, 15) is 9.18 Å². The molecule has 2 aromatic carbocycles. The maximum atomic E-state index is 13.5. The number of nitrogens with one attached hydrogen (secondary N) is 1. The smallest absolute Gasteiger partial charge is 0.251 e. The van der Waals surface area contributed by atoms with Crippen molar-refractivity contribution < 1.29 is 9.18 Å². The van der Waals surface area contributed by atoms with Crippen LogP contribution in [-0.4, -0.2) is 46.4 Å². The molecule has 7 heteroatoms. The topological polar surface area (TPSA) is 49.6 Å². The van der Waals surface area contributed by atoms with Crippen LogP contribution in [0.3, 0.4) is 0 Å². The molecule has 0 unspecified atom stereocenters. The molecule has 5 nitrogen and oxygen atoms in total. The average Bonchev–Trinajstić information content (AvgIpc) is 3.31. The van der Waals surface area contributed by atoms with Crippen molar-refractivity contribution in [1.29, 1.82) is 0 Å². The molecule has 0 atom stereocenters. The van der Waals surface area contributed by atoms with Crippen molar-refractivity contribution in [1.82, 2.24) is 19.6 Å². The van der Waals surface area contributed by atoms with E-state index in [0.29, 0.717) is 12.1 Å². The molecule has 4 rings (SSSR count). The van der Waals surface area contributed by atoms with Crippen molar-refractivity contribution in [3.63, 3.8) is 0 Å². The van der Waals surface area contributed by atoms with Crippen LogP contribution in [0.15, 0.2) is 48.7 Å². The first-order chi connectivity index (χ1) is 14.6. The summed E-state index contributed by atoms with van der Waals surface area (Å²) in [5, 5.41) is 3.01. The number of halogens is 1. The van der Waals surface area contributed by atoms with E-state index >= 15 is 0 Å². The largest absolute Gasteiger partial charge is 0.352 e. The van der Waals surface area contributed by atoms with Gasteiger partial charge in [-0.3, -0.25) is 9.20 Å². The lowest BCUT2D eigenvalue weighted by molar-refractivity contribution is 0.0952. The zero-order valence-corrected chi connectivity index (χ0v) is 18.0. The van der Waals surface area contributed by atoms with Crippen LogP contribution in [0, 0.1) is 5.82 Å². The van der Waals surface area contributed by atoms with Crippen LogP contribution in [-0.2, 0) is 0 Å². The van der Waals surface area contributed by atoms with Crippen molar-refractivity contribution in [2.45, 2.75) is 20.3 Å². The van der Waals surface area contributed by atoms with Crippen LogP contribution in [0.2, 0.25) is 0 Å². The summed E-state index contributed by atoms with van der Waals surface area (Å²) in [5.41, 5.74) is 3.13. The number of amides is 1. The molecule has 1 N–H and O–H groups in total. The summed E-state index contributed by atoms with van der Waals surface area (Å²) in [6.45, 7) is 8.01. The Labute approximate surface area is 179 Å². The molecule has 156 valence electrons. The first kappa shape index (κ1) is 20.5. The van der Waals surface area contributed by atoms with Gasteiger partial charge in [-0.25, -0.2) is 9.37 Å². The van der Waals surface area contributed by atoms with Gasteiger partial charge in [-0.1, -0.05) is 37.3 Å². The van der Waals surface area contributed by atoms with Crippen molar-refractivity contribution in [2.24, 2.45) is 0 Å². The second kappa shape index (κ2) is 8.93. The fraction of sp³-hybridized carbons (Fsp3) is 0.304. The summed E-state index contributed by atoms with van der Waals surface area (Å²) in [6.07, 6.45) is 2.85. The lowest BCUT2D eigenvalue weighted by Gasteiger charge is -2.17. The summed E-state index contributed by atoms with van der Waals surface area (Å²) < 4.78 is 16.5. The Hall–Kier alpha value is -2.77. The van der Waals surface area contributed by atoms with Crippen molar-refractivity contribution in [3.8, 4) is 11.3 Å². The van der Waals surface area contributed by atoms with Gasteiger partial charge in [0, 0.05) is 23.9 Å². The number of nitrogens with zero attached hydrogens (tertiary/aromatic N) is 3. The van der Waals surface area contributed by atoms with Crippen LogP contribution in [0.1, 0.15) is 30.6 Å². The molecule has 0 bridgehead atoms. The van der Waals surface area contributed by atoms with Crippen LogP contribution in [0.4, 0.5) is 4.39 Å². The highest BCUT2D eigenvalue weighted by Gasteiger charge is 2.13. The molecule has 0 fully saturated rings. The second-order valence-corrected chi connectivity index (χ2v) is 8.22. The quantitative estimate of drug-likeness (QED) is 0.413. The molecule has 0 aliphatic heterocycles. The van der Waals surface area contributed by atoms with Gasteiger partial charge < -0.3 is 10.2 Å². The summed E-state index contributed by atoms with van der Waals surface area (Å²) >= 11 is 1.52. The Morgan fingerprint density at radius 3 is 2.80 bits per heavy atom. The summed E-state index contributed by atoms with van der Waals surface area (Å²) in [7, 11) is 0. The van der Waals surface area contributed by atoms with E-state index in [1.807, 2.05) is 34.9 Å². The molecule has 30 heavy (non-hydrogen) atoms. The molecule has 2 heterocycles. The molecule has 2 aromatic heterocycles. The number of hydrogen-bond donors (Lipinski definition) is 1. The highest BCUT2D eigenvalue weighted by atomic mass is 32.1. The van der Waals surface area contributed by atoms with E-state index in [0.717, 1.165) is 52.5 Å². The normalized spacial score (nSPS) is 11.6. The van der Waals surface area contributed by atoms with Gasteiger partial charge in [-0.2, -0.15) is 0 Å². The van der Waals surface area contributed by atoms with Gasteiger partial charge >= 0.3 is 0 Å². The first-order valence-electron chi connectivity index (χ1n) is 10.3. The molecule has 0 saturated heterocycles. The van der Waals surface area contributed by atoms with Gasteiger partial charge in [0.15, 0.2) is 4.96 Å². The third-order valence-corrected chi connectivity index (χ3v) is 6.33. The molecule has 4 aromatic rings. The van der Waals surface area contributed by atoms with Crippen LogP contribution in [0.25, 0.3) is 26.4 Å². The lowest BCUT2D eigenvalue weighted by atomic mass is 10.2. The summed E-state index contributed by atoms with van der Waals surface area (Å²) in [5.74, 6) is -0.329. The monoisotopic (exact) mass is 424 g/mol. The number of aromatic nitrogens is 2. The number of benzene rings is 2. The molecule has 0 radical (unpaired) electrons. The SMILES string of the molecule is CCN(CC)CCCNC(=O)c1ccc2c(c1)sc1nc(-c3cccc(F)c3)cn12. The minimum atomic E-state index is -0.276. The minimum Gasteiger partial charge on any atom is -0.352 e. The van der Waals surface area contributed by atoms with Crippen molar-refractivity contribution in [2.75, 3.05) is 26.2 Å². The third kappa shape index (κ3) is 4.22. The maximum absolute atomic E-state index is 13.5. The van der Waals surface area contributed by atoms with E-state index in [2.05, 4.69) is 29.0 Å². The Bertz CT molecular complexity index is 1180. The van der Waals surface area contributed by atoms with Crippen LogP contribution < -0.4 is 5.32 Å². The summed E-state index contributed by atoms with van der Waals surface area (Å²) in [4.78, 5) is 20.3. The minimum absolute atomic E-state index is 0.0528. The molecular weight excluding hydrogens is 399 g/mol. The first-order valence-corrected chi connectivity index (χ1v) is 11.1. The number of imidazole rings is 1. The molecular formula is C23H25FN4OS. The number of carbonyl (C=O) groups excluding carboxylic acids is 1. The molecule has 0 aliphatic carbocycles. The zero-order valence-electron chi connectivity index (χ0n) is 17.2. The van der Waals surface area contributed by atoms with Crippen molar-refractivity contribution in [3.05, 3.63) is 60.0 Å². The fourth-order valence-electron chi connectivity index (χ4n) is 3.58.